The van der Waals surface area contributed by atoms with Crippen LogP contribution in [0.15, 0.2) is 18.2 Å². The van der Waals surface area contributed by atoms with Crippen LogP contribution < -0.4 is 14.2 Å². The van der Waals surface area contributed by atoms with Crippen molar-refractivity contribution in [3.05, 3.63) is 18.2 Å². The van der Waals surface area contributed by atoms with Crippen LogP contribution in [0.2, 0.25) is 0 Å². The molecule has 1 aromatic carbocycles. The van der Waals surface area contributed by atoms with Crippen LogP contribution in [0, 0.1) is 0 Å². The van der Waals surface area contributed by atoms with Gasteiger partial charge in [-0.15, -0.1) is 0 Å². The van der Waals surface area contributed by atoms with Crippen molar-refractivity contribution in [3.63, 3.8) is 0 Å². The van der Waals surface area contributed by atoms with E-state index in [4.69, 9.17) is 14.2 Å². The molecule has 2 saturated heterocycles. The summed E-state index contributed by atoms with van der Waals surface area (Å²) in [7, 11) is 0. The molecule has 2 atom stereocenters. The van der Waals surface area contributed by atoms with Gasteiger partial charge in [0.15, 0.2) is 17.6 Å². The highest BCUT2D eigenvalue weighted by Gasteiger charge is 2.32. The van der Waals surface area contributed by atoms with E-state index in [9.17, 15) is 9.59 Å². The van der Waals surface area contributed by atoms with Crippen LogP contribution in [0.1, 0.15) is 45.4 Å². The number of carbonyl (C=O) groups is 2. The van der Waals surface area contributed by atoms with Gasteiger partial charge in [-0.05, 0) is 51.2 Å². The van der Waals surface area contributed by atoms with E-state index in [0.717, 1.165) is 51.7 Å². The highest BCUT2D eigenvalue weighted by Crippen LogP contribution is 2.35. The standard InChI is InChI=1S/C21H28N2O5/c1-15(28-17-7-8-18-19(13-17)27-14-26-18)21(25)23-11-3-2-5-16(23)9-12-22-10-4-6-20(22)24/h7-8,13,15-16H,2-6,9-12,14H2,1H3/t15-,16+/m0/s1. The fraction of sp³-hybridized carbons (Fsp3) is 0.619. The van der Waals surface area contributed by atoms with Gasteiger partial charge in [0, 0.05) is 38.2 Å². The Hall–Kier alpha value is -2.44. The molecular formula is C21H28N2O5. The van der Waals surface area contributed by atoms with Gasteiger partial charge in [0.2, 0.25) is 12.7 Å². The quantitative estimate of drug-likeness (QED) is 0.749. The van der Waals surface area contributed by atoms with Crippen molar-refractivity contribution in [2.75, 3.05) is 26.4 Å². The van der Waals surface area contributed by atoms with E-state index in [1.54, 1.807) is 25.1 Å². The molecule has 0 aromatic heterocycles. The van der Waals surface area contributed by atoms with Crippen LogP contribution >= 0.6 is 0 Å². The molecule has 0 bridgehead atoms. The summed E-state index contributed by atoms with van der Waals surface area (Å²) in [6, 6.07) is 5.53. The largest absolute Gasteiger partial charge is 0.481 e. The summed E-state index contributed by atoms with van der Waals surface area (Å²) in [5.74, 6) is 2.19. The first-order valence-electron chi connectivity index (χ1n) is 10.3. The molecule has 0 unspecified atom stereocenters. The summed E-state index contributed by atoms with van der Waals surface area (Å²) in [4.78, 5) is 28.8. The Balaban J connectivity index is 1.36. The third-order valence-electron chi connectivity index (χ3n) is 5.82. The number of likely N-dealkylation sites (tertiary alicyclic amines) is 2. The molecule has 1 aromatic rings. The molecule has 152 valence electrons. The Morgan fingerprint density at radius 1 is 1.21 bits per heavy atom. The fourth-order valence-electron chi connectivity index (χ4n) is 4.27. The first-order chi connectivity index (χ1) is 13.6. The maximum atomic E-state index is 13.1. The Labute approximate surface area is 165 Å². The van der Waals surface area contributed by atoms with Crippen molar-refractivity contribution in [2.24, 2.45) is 0 Å². The number of piperidine rings is 1. The molecule has 4 rings (SSSR count). The molecule has 2 amide bonds. The molecular weight excluding hydrogens is 360 g/mol. The summed E-state index contributed by atoms with van der Waals surface area (Å²) < 4.78 is 16.6. The number of rotatable bonds is 6. The molecule has 0 aliphatic carbocycles. The number of amides is 2. The average Bonchev–Trinajstić information content (AvgIpc) is 3.34. The molecule has 0 radical (unpaired) electrons. The number of nitrogens with zero attached hydrogens (tertiary/aromatic N) is 2. The zero-order chi connectivity index (χ0) is 19.5. The van der Waals surface area contributed by atoms with Crippen molar-refractivity contribution in [1.29, 1.82) is 0 Å². The minimum Gasteiger partial charge on any atom is -0.481 e. The van der Waals surface area contributed by atoms with Crippen LogP contribution in [-0.4, -0.2) is 60.2 Å². The zero-order valence-electron chi connectivity index (χ0n) is 16.4. The number of hydrogen-bond donors (Lipinski definition) is 0. The van der Waals surface area contributed by atoms with Crippen molar-refractivity contribution in [1.82, 2.24) is 9.80 Å². The van der Waals surface area contributed by atoms with Crippen LogP contribution in [0.5, 0.6) is 17.2 Å². The molecule has 0 saturated carbocycles. The van der Waals surface area contributed by atoms with Crippen molar-refractivity contribution in [3.8, 4) is 17.2 Å². The predicted octanol–water partition coefficient (Wildman–Crippen LogP) is 2.58. The van der Waals surface area contributed by atoms with E-state index in [1.807, 2.05) is 9.80 Å². The monoisotopic (exact) mass is 388 g/mol. The number of benzene rings is 1. The number of hydrogen-bond acceptors (Lipinski definition) is 5. The maximum Gasteiger partial charge on any atom is 0.263 e. The van der Waals surface area contributed by atoms with Gasteiger partial charge in [0.25, 0.3) is 5.91 Å². The second-order valence-electron chi connectivity index (χ2n) is 7.73. The van der Waals surface area contributed by atoms with Gasteiger partial charge >= 0.3 is 0 Å². The van der Waals surface area contributed by atoms with Crippen LogP contribution in [-0.2, 0) is 9.59 Å². The van der Waals surface area contributed by atoms with Gasteiger partial charge in [-0.25, -0.2) is 0 Å². The molecule has 3 aliphatic heterocycles. The van der Waals surface area contributed by atoms with Gasteiger partial charge in [0.1, 0.15) is 5.75 Å². The topological polar surface area (TPSA) is 68.3 Å². The normalized spacial score (nSPS) is 22.5. The van der Waals surface area contributed by atoms with Gasteiger partial charge in [-0.2, -0.15) is 0 Å². The lowest BCUT2D eigenvalue weighted by atomic mass is 9.98. The van der Waals surface area contributed by atoms with Crippen LogP contribution in [0.4, 0.5) is 0 Å². The van der Waals surface area contributed by atoms with Crippen LogP contribution in [0.3, 0.4) is 0 Å². The molecule has 2 fully saturated rings. The van der Waals surface area contributed by atoms with Crippen molar-refractivity contribution in [2.45, 2.75) is 57.6 Å². The summed E-state index contributed by atoms with van der Waals surface area (Å²) >= 11 is 0. The molecule has 3 aliphatic rings. The highest BCUT2D eigenvalue weighted by molar-refractivity contribution is 5.81. The highest BCUT2D eigenvalue weighted by atomic mass is 16.7. The average molecular weight is 388 g/mol. The minimum atomic E-state index is -0.575. The zero-order valence-corrected chi connectivity index (χ0v) is 16.4. The summed E-state index contributed by atoms with van der Waals surface area (Å²) in [6.45, 7) is 4.35. The predicted molar refractivity (Wildman–Crippen MR) is 102 cm³/mol. The second kappa shape index (κ2) is 8.29. The van der Waals surface area contributed by atoms with Gasteiger partial charge in [-0.3, -0.25) is 9.59 Å². The molecule has 3 heterocycles. The lowest BCUT2D eigenvalue weighted by molar-refractivity contribution is -0.142. The lowest BCUT2D eigenvalue weighted by Gasteiger charge is -2.38. The Kier molecular flexibility index (Phi) is 5.59. The first kappa shape index (κ1) is 18.9. The molecule has 28 heavy (non-hydrogen) atoms. The third-order valence-corrected chi connectivity index (χ3v) is 5.82. The minimum absolute atomic E-state index is 0.00937. The van der Waals surface area contributed by atoms with E-state index in [1.165, 1.54) is 0 Å². The van der Waals surface area contributed by atoms with Crippen LogP contribution in [0.25, 0.3) is 0 Å². The Bertz CT molecular complexity index is 738. The summed E-state index contributed by atoms with van der Waals surface area (Å²) in [6.07, 6.45) is 5.01. The van der Waals surface area contributed by atoms with E-state index < -0.39 is 6.10 Å². The second-order valence-corrected chi connectivity index (χ2v) is 7.73. The summed E-state index contributed by atoms with van der Waals surface area (Å²) in [5.41, 5.74) is 0. The number of fused-ring (bicyclic) bond motifs is 1. The van der Waals surface area contributed by atoms with Crippen molar-refractivity contribution >= 4 is 11.8 Å². The Morgan fingerprint density at radius 2 is 2.07 bits per heavy atom. The lowest BCUT2D eigenvalue weighted by Crippen LogP contribution is -2.49. The molecule has 0 N–H and O–H groups in total. The molecule has 0 spiro atoms. The molecule has 7 heteroatoms. The third kappa shape index (κ3) is 4.03. The smallest absolute Gasteiger partial charge is 0.263 e. The summed E-state index contributed by atoms with van der Waals surface area (Å²) in [5, 5.41) is 0. The number of carbonyl (C=O) groups excluding carboxylic acids is 2. The van der Waals surface area contributed by atoms with Gasteiger partial charge in [-0.1, -0.05) is 0 Å². The SMILES string of the molecule is C[C@H](Oc1ccc2c(c1)OCO2)C(=O)N1CCCC[C@@H]1CCN1CCCC1=O. The fourth-order valence-corrected chi connectivity index (χ4v) is 4.27. The number of ether oxygens (including phenoxy) is 3. The van der Waals surface area contributed by atoms with E-state index in [-0.39, 0.29) is 24.6 Å². The molecule has 7 nitrogen and oxygen atoms in total. The van der Waals surface area contributed by atoms with E-state index >= 15 is 0 Å². The van der Waals surface area contributed by atoms with Gasteiger partial charge < -0.3 is 24.0 Å². The van der Waals surface area contributed by atoms with E-state index in [0.29, 0.717) is 23.7 Å². The van der Waals surface area contributed by atoms with Gasteiger partial charge in [0.05, 0.1) is 0 Å². The first-order valence-corrected chi connectivity index (χ1v) is 10.3. The van der Waals surface area contributed by atoms with Crippen molar-refractivity contribution < 1.29 is 23.8 Å². The maximum absolute atomic E-state index is 13.1. The van der Waals surface area contributed by atoms with E-state index in [2.05, 4.69) is 0 Å². The Morgan fingerprint density at radius 3 is 2.89 bits per heavy atom.